The highest BCUT2D eigenvalue weighted by molar-refractivity contribution is 5.67. The Labute approximate surface area is 447 Å². The van der Waals surface area contributed by atoms with E-state index in [-0.39, 0.29) is 23.4 Å². The fourth-order valence-electron chi connectivity index (χ4n) is 9.10. The van der Waals surface area contributed by atoms with Crippen molar-refractivity contribution in [3.8, 4) is 23.0 Å². The molecule has 8 bridgehead atoms. The van der Waals surface area contributed by atoms with Crippen molar-refractivity contribution < 1.29 is 18.9 Å². The minimum Gasteiger partial charge on any atom is -0.493 e. The van der Waals surface area contributed by atoms with Crippen LogP contribution in [-0.2, 0) is 25.7 Å². The fourth-order valence-corrected chi connectivity index (χ4v) is 9.10. The van der Waals surface area contributed by atoms with Crippen LogP contribution in [0.4, 0.5) is 47.1 Å². The maximum atomic E-state index is 6.84. The third-order valence-electron chi connectivity index (χ3n) is 12.9. The number of nitrogens with zero attached hydrogens (tertiary/aromatic N) is 6. The lowest BCUT2D eigenvalue weighted by molar-refractivity contribution is 0.304. The number of hydrogen-bond acceptors (Lipinski definition) is 17. The molecule has 0 aliphatic heterocycles. The Kier molecular flexibility index (Phi) is 18.3. The van der Waals surface area contributed by atoms with Gasteiger partial charge < -0.3 is 57.4 Å². The van der Waals surface area contributed by atoms with Crippen LogP contribution >= 0.6 is 0 Å². The molecule has 0 amide bonds. The maximum Gasteiger partial charge on any atom is 0.233 e. The number of benzene rings is 5. The number of nitrogen functional groups attached to an aromatic ring is 2. The van der Waals surface area contributed by atoms with E-state index >= 15 is 0 Å². The van der Waals surface area contributed by atoms with Gasteiger partial charge in [0.15, 0.2) is 0 Å². The smallest absolute Gasteiger partial charge is 0.233 e. The van der Waals surface area contributed by atoms with Gasteiger partial charge in [0, 0.05) is 65.9 Å². The normalized spacial score (nSPS) is 12.6. The highest BCUT2D eigenvalue weighted by Crippen LogP contribution is 2.42. The van der Waals surface area contributed by atoms with Gasteiger partial charge in [0.2, 0.25) is 35.7 Å². The van der Waals surface area contributed by atoms with Crippen LogP contribution in [0.1, 0.15) is 130 Å². The minimum absolute atomic E-state index is 0.0841. The van der Waals surface area contributed by atoms with Crippen molar-refractivity contribution in [1.29, 1.82) is 0 Å². The molecule has 17 heteroatoms. The lowest BCUT2D eigenvalue weighted by atomic mass is 9.90. The van der Waals surface area contributed by atoms with Gasteiger partial charge in [0.05, 0.1) is 32.5 Å². The predicted molar refractivity (Wildman–Crippen MR) is 305 cm³/mol. The summed E-state index contributed by atoms with van der Waals surface area (Å²) in [6.07, 6.45) is 5.23. The first-order valence-electron chi connectivity index (χ1n) is 26.7. The molecular formula is C59H75N13O4. The molecule has 8 rings (SSSR count). The van der Waals surface area contributed by atoms with Gasteiger partial charge in [0.25, 0.3) is 0 Å². The molecule has 1 aliphatic rings. The van der Waals surface area contributed by atoms with Crippen LogP contribution in [0.2, 0.25) is 0 Å². The highest BCUT2D eigenvalue weighted by atomic mass is 16.5. The quantitative estimate of drug-likeness (QED) is 0.0315. The summed E-state index contributed by atoms with van der Waals surface area (Å²) in [5, 5.41) is 13.7. The lowest BCUT2D eigenvalue weighted by Gasteiger charge is -2.24. The Morgan fingerprint density at radius 3 is 1.25 bits per heavy atom. The van der Waals surface area contributed by atoms with Gasteiger partial charge in [0.1, 0.15) is 23.0 Å². The van der Waals surface area contributed by atoms with Crippen LogP contribution in [0.25, 0.3) is 0 Å². The standard InChI is InChI=1S/C59H75N13O4/c1-8-23-73-49-39-19-15-21-41(49)29-45-33-48(66-58-70-54(62)68-56(72-58)64-37(5)38-17-13-12-14-18-38)34-46(52(45)76-26-11-4)30-42-22-16-20-40(50(42)74-24-9-2)28-44-32-47(31-43(27-39)51(44)75-25-10-3)65-57-69-53(61)67-55(71-57)63-36-59(6,7)35-60/h12-22,31-34,37H,8-11,23-30,35-36,60H2,1-7H3,(H4,61,63,65,67,69,71)(H4,62,64,66,68,70,72)/t37-/m1/s1. The molecule has 0 saturated carbocycles. The van der Waals surface area contributed by atoms with Crippen molar-refractivity contribution in [2.45, 2.75) is 106 Å². The average Bonchev–Trinajstić information content (AvgIpc) is 3.40. The summed E-state index contributed by atoms with van der Waals surface area (Å²) in [5.41, 5.74) is 29.0. The van der Waals surface area contributed by atoms with Crippen LogP contribution in [0.15, 0.2) is 91.0 Å². The Morgan fingerprint density at radius 2 is 0.855 bits per heavy atom. The summed E-state index contributed by atoms with van der Waals surface area (Å²) in [6, 6.07) is 31.3. The van der Waals surface area contributed by atoms with E-state index in [1.54, 1.807) is 0 Å². The van der Waals surface area contributed by atoms with Crippen molar-refractivity contribution >= 4 is 47.1 Å². The number of para-hydroxylation sites is 2. The molecule has 0 radical (unpaired) electrons. The number of rotatable bonds is 23. The van der Waals surface area contributed by atoms with Crippen molar-refractivity contribution in [1.82, 2.24) is 29.9 Å². The van der Waals surface area contributed by atoms with E-state index in [4.69, 9.17) is 46.1 Å². The minimum atomic E-state index is -0.190. The van der Waals surface area contributed by atoms with Gasteiger partial charge in [-0.05, 0) is 96.6 Å². The van der Waals surface area contributed by atoms with Crippen molar-refractivity contribution in [3.05, 3.63) is 141 Å². The van der Waals surface area contributed by atoms with E-state index in [0.717, 1.165) is 110 Å². The first-order valence-corrected chi connectivity index (χ1v) is 26.7. The molecular weight excluding hydrogens is 955 g/mol. The second-order valence-electron chi connectivity index (χ2n) is 20.1. The molecule has 400 valence electrons. The van der Waals surface area contributed by atoms with Crippen molar-refractivity contribution in [3.63, 3.8) is 0 Å². The van der Waals surface area contributed by atoms with Gasteiger partial charge in [-0.25, -0.2) is 0 Å². The Balaban J connectivity index is 1.29. The Hall–Kier alpha value is -7.92. The number of nitrogens with two attached hydrogens (primary N) is 3. The summed E-state index contributed by atoms with van der Waals surface area (Å²) < 4.78 is 27.3. The molecule has 0 fully saturated rings. The Bertz CT molecular complexity index is 2960. The zero-order valence-corrected chi connectivity index (χ0v) is 45.2. The number of fused-ring (bicyclic) bond motifs is 8. The monoisotopic (exact) mass is 1030 g/mol. The second kappa shape index (κ2) is 25.5. The number of ether oxygens (including phenoxy) is 4. The average molecular weight is 1030 g/mol. The zero-order chi connectivity index (χ0) is 53.6. The molecule has 1 atom stereocenters. The van der Waals surface area contributed by atoms with Crippen LogP contribution in [-0.4, -0.2) is 69.4 Å². The molecule has 17 nitrogen and oxygen atoms in total. The second-order valence-corrected chi connectivity index (χ2v) is 20.1. The maximum absolute atomic E-state index is 6.84. The summed E-state index contributed by atoms with van der Waals surface area (Å²) in [7, 11) is 0. The molecule has 0 saturated heterocycles. The molecule has 2 aromatic heterocycles. The molecule has 10 N–H and O–H groups in total. The lowest BCUT2D eigenvalue weighted by Crippen LogP contribution is -2.31. The SMILES string of the molecule is CCCOc1c2cccc1Cc1cc(Nc3nc(N)nc(N[C@H](C)c4ccccc4)n3)cc(c1OCCC)Cc1cccc(c1OCCC)Cc1cc(Nc3nc(N)nc(NCC(C)(C)CN)n3)cc(c1OCCC)C2. The van der Waals surface area contributed by atoms with Crippen LogP contribution in [0.5, 0.6) is 23.0 Å². The molecule has 2 heterocycles. The molecule has 1 aliphatic carbocycles. The third kappa shape index (κ3) is 14.1. The van der Waals surface area contributed by atoms with Gasteiger partial charge in [-0.15, -0.1) is 0 Å². The molecule has 7 aromatic rings. The summed E-state index contributed by atoms with van der Waals surface area (Å²) in [4.78, 5) is 27.5. The summed E-state index contributed by atoms with van der Waals surface area (Å²) in [5.74, 6) is 4.73. The predicted octanol–water partition coefficient (Wildman–Crippen LogP) is 11.1. The largest absolute Gasteiger partial charge is 0.493 e. The van der Waals surface area contributed by atoms with Gasteiger partial charge in [-0.3, -0.25) is 0 Å². The molecule has 0 spiro atoms. The van der Waals surface area contributed by atoms with Gasteiger partial charge in [-0.2, -0.15) is 29.9 Å². The van der Waals surface area contributed by atoms with Crippen LogP contribution in [0.3, 0.4) is 0 Å². The van der Waals surface area contributed by atoms with Crippen molar-refractivity contribution in [2.75, 3.05) is 72.3 Å². The van der Waals surface area contributed by atoms with E-state index in [1.165, 1.54) is 0 Å². The van der Waals surface area contributed by atoms with Gasteiger partial charge in [-0.1, -0.05) is 108 Å². The van der Waals surface area contributed by atoms with Gasteiger partial charge >= 0.3 is 0 Å². The number of hydrogen-bond donors (Lipinski definition) is 7. The van der Waals surface area contributed by atoms with E-state index < -0.39 is 0 Å². The van der Waals surface area contributed by atoms with E-state index in [1.807, 2.05) is 18.2 Å². The van der Waals surface area contributed by atoms with E-state index in [9.17, 15) is 0 Å². The van der Waals surface area contributed by atoms with E-state index in [0.29, 0.717) is 89.0 Å². The molecule has 76 heavy (non-hydrogen) atoms. The molecule has 0 unspecified atom stereocenters. The zero-order valence-electron chi connectivity index (χ0n) is 45.2. The molecule has 5 aromatic carbocycles. The topological polar surface area (TPSA) is 240 Å². The first-order chi connectivity index (χ1) is 36.8. The fraction of sp³-hybridized carbons (Fsp3) is 0.390. The summed E-state index contributed by atoms with van der Waals surface area (Å²) >= 11 is 0. The third-order valence-corrected chi connectivity index (χ3v) is 12.9. The van der Waals surface area contributed by atoms with Crippen LogP contribution in [0, 0.1) is 5.41 Å². The highest BCUT2D eigenvalue weighted by Gasteiger charge is 2.25. The van der Waals surface area contributed by atoms with E-state index in [2.05, 4.69) is 162 Å². The summed E-state index contributed by atoms with van der Waals surface area (Å²) in [6.45, 7) is 17.8. The number of aromatic nitrogens is 6. The number of nitrogens with one attached hydrogen (secondary N) is 4. The van der Waals surface area contributed by atoms with Crippen LogP contribution < -0.4 is 57.4 Å². The Morgan fingerprint density at radius 1 is 0.487 bits per heavy atom. The first kappa shape index (κ1) is 54.3. The van der Waals surface area contributed by atoms with Crippen molar-refractivity contribution in [2.24, 2.45) is 11.1 Å². The number of anilines is 8.